The number of nitrogens with zero attached hydrogens (tertiary/aromatic N) is 2. The Labute approximate surface area is 130 Å². The van der Waals surface area contributed by atoms with Gasteiger partial charge in [-0.1, -0.05) is 45.0 Å². The van der Waals surface area contributed by atoms with Crippen molar-refractivity contribution < 1.29 is 0 Å². The van der Waals surface area contributed by atoms with Gasteiger partial charge < -0.3 is 10.2 Å². The van der Waals surface area contributed by atoms with E-state index in [9.17, 15) is 0 Å². The van der Waals surface area contributed by atoms with Gasteiger partial charge in [0.25, 0.3) is 0 Å². The zero-order valence-electron chi connectivity index (χ0n) is 14.1. The molecule has 1 saturated heterocycles. The fourth-order valence-corrected chi connectivity index (χ4v) is 3.01. The topological polar surface area (TPSA) is 18.5 Å². The molecule has 3 heteroatoms. The lowest BCUT2D eigenvalue weighted by Gasteiger charge is -2.39. The van der Waals surface area contributed by atoms with Crippen LogP contribution >= 0.6 is 0 Å². The first-order valence-electron chi connectivity index (χ1n) is 8.32. The molecule has 1 aromatic carbocycles. The van der Waals surface area contributed by atoms with Crippen LogP contribution in [0.4, 0.5) is 0 Å². The van der Waals surface area contributed by atoms with Crippen LogP contribution in [0.3, 0.4) is 0 Å². The van der Waals surface area contributed by atoms with Crippen molar-refractivity contribution in [3.05, 3.63) is 35.4 Å². The van der Waals surface area contributed by atoms with Crippen molar-refractivity contribution in [2.24, 2.45) is 0 Å². The van der Waals surface area contributed by atoms with Crippen molar-refractivity contribution in [1.29, 1.82) is 0 Å². The summed E-state index contributed by atoms with van der Waals surface area (Å²) in [6, 6.07) is 10.3. The summed E-state index contributed by atoms with van der Waals surface area (Å²) in [5.41, 5.74) is 2.83. The first-order valence-corrected chi connectivity index (χ1v) is 8.32. The second kappa shape index (κ2) is 7.92. The SMILES string of the molecule is CCC1CN(Cc2cccc(CNC(C)C)c2)CCN1C. The molecule has 0 aliphatic carbocycles. The average Bonchev–Trinajstić information content (AvgIpc) is 2.47. The molecule has 2 rings (SSSR count). The summed E-state index contributed by atoms with van der Waals surface area (Å²) in [5, 5.41) is 3.49. The van der Waals surface area contributed by atoms with Gasteiger partial charge in [-0.15, -0.1) is 0 Å². The molecular weight excluding hydrogens is 258 g/mol. The number of benzene rings is 1. The highest BCUT2D eigenvalue weighted by Gasteiger charge is 2.22. The van der Waals surface area contributed by atoms with E-state index in [2.05, 4.69) is 67.2 Å². The first-order chi connectivity index (χ1) is 10.1. The smallest absolute Gasteiger partial charge is 0.0235 e. The van der Waals surface area contributed by atoms with E-state index in [0.717, 1.165) is 13.1 Å². The van der Waals surface area contributed by atoms with Crippen LogP contribution in [-0.4, -0.2) is 48.6 Å². The maximum absolute atomic E-state index is 3.49. The van der Waals surface area contributed by atoms with E-state index in [1.54, 1.807) is 0 Å². The van der Waals surface area contributed by atoms with Gasteiger partial charge in [-0.25, -0.2) is 0 Å². The summed E-state index contributed by atoms with van der Waals surface area (Å²) < 4.78 is 0. The minimum Gasteiger partial charge on any atom is -0.310 e. The van der Waals surface area contributed by atoms with Gasteiger partial charge in [0, 0.05) is 44.8 Å². The molecule has 0 bridgehead atoms. The normalized spacial score (nSPS) is 21.1. The van der Waals surface area contributed by atoms with Crippen molar-refractivity contribution in [1.82, 2.24) is 15.1 Å². The van der Waals surface area contributed by atoms with E-state index in [1.165, 1.54) is 37.2 Å². The van der Waals surface area contributed by atoms with Crippen LogP contribution in [-0.2, 0) is 13.1 Å². The summed E-state index contributed by atoms with van der Waals surface area (Å²) in [4.78, 5) is 5.10. The fourth-order valence-electron chi connectivity index (χ4n) is 3.01. The van der Waals surface area contributed by atoms with E-state index in [1.807, 2.05) is 0 Å². The van der Waals surface area contributed by atoms with Gasteiger partial charge in [-0.3, -0.25) is 4.90 Å². The number of nitrogens with one attached hydrogen (secondary N) is 1. The minimum absolute atomic E-state index is 0.539. The van der Waals surface area contributed by atoms with Crippen LogP contribution in [0.2, 0.25) is 0 Å². The first kappa shape index (κ1) is 16.5. The minimum atomic E-state index is 0.539. The molecule has 3 nitrogen and oxygen atoms in total. The third kappa shape index (κ3) is 5.10. The molecule has 1 N–H and O–H groups in total. The Bertz CT molecular complexity index is 430. The average molecular weight is 289 g/mol. The predicted octanol–water partition coefficient (Wildman–Crippen LogP) is 2.71. The second-order valence-corrected chi connectivity index (χ2v) is 6.63. The fraction of sp³-hybridized carbons (Fsp3) is 0.667. The molecule has 0 saturated carbocycles. The molecule has 21 heavy (non-hydrogen) atoms. The zero-order valence-corrected chi connectivity index (χ0v) is 14.1. The Balaban J connectivity index is 1.92. The number of hydrogen-bond donors (Lipinski definition) is 1. The third-order valence-corrected chi connectivity index (χ3v) is 4.44. The Hall–Kier alpha value is -0.900. The van der Waals surface area contributed by atoms with Crippen LogP contribution in [0, 0.1) is 0 Å². The van der Waals surface area contributed by atoms with Gasteiger partial charge in [0.1, 0.15) is 0 Å². The van der Waals surface area contributed by atoms with E-state index >= 15 is 0 Å². The highest BCUT2D eigenvalue weighted by Crippen LogP contribution is 2.15. The van der Waals surface area contributed by atoms with Crippen LogP contribution in [0.15, 0.2) is 24.3 Å². The zero-order chi connectivity index (χ0) is 15.2. The number of piperazine rings is 1. The van der Waals surface area contributed by atoms with Crippen molar-refractivity contribution in [3.63, 3.8) is 0 Å². The van der Waals surface area contributed by atoms with Crippen LogP contribution in [0.5, 0.6) is 0 Å². The standard InChI is InChI=1S/C18H31N3/c1-5-18-14-21(10-9-20(18)4)13-17-8-6-7-16(11-17)12-19-15(2)3/h6-8,11,15,18-19H,5,9-10,12-14H2,1-4H3. The van der Waals surface area contributed by atoms with Gasteiger partial charge >= 0.3 is 0 Å². The molecule has 118 valence electrons. The highest BCUT2D eigenvalue weighted by atomic mass is 15.3. The number of hydrogen-bond acceptors (Lipinski definition) is 3. The molecule has 1 fully saturated rings. The summed E-state index contributed by atoms with van der Waals surface area (Å²) in [7, 11) is 2.25. The van der Waals surface area contributed by atoms with E-state index < -0.39 is 0 Å². The summed E-state index contributed by atoms with van der Waals surface area (Å²) in [6.07, 6.45) is 1.24. The molecule has 1 aliphatic rings. The second-order valence-electron chi connectivity index (χ2n) is 6.63. The molecule has 0 radical (unpaired) electrons. The van der Waals surface area contributed by atoms with Crippen molar-refractivity contribution in [2.75, 3.05) is 26.7 Å². The molecular formula is C18H31N3. The Morgan fingerprint density at radius 1 is 1.24 bits per heavy atom. The lowest BCUT2D eigenvalue weighted by Crippen LogP contribution is -2.50. The molecule has 0 spiro atoms. The van der Waals surface area contributed by atoms with Gasteiger partial charge in [-0.2, -0.15) is 0 Å². The van der Waals surface area contributed by atoms with Crippen molar-refractivity contribution in [2.45, 2.75) is 52.4 Å². The maximum atomic E-state index is 3.49. The highest BCUT2D eigenvalue weighted by molar-refractivity contribution is 5.23. The monoisotopic (exact) mass is 289 g/mol. The lowest BCUT2D eigenvalue weighted by atomic mass is 10.1. The maximum Gasteiger partial charge on any atom is 0.0235 e. The number of rotatable bonds is 6. The van der Waals surface area contributed by atoms with Gasteiger partial charge in [0.2, 0.25) is 0 Å². The van der Waals surface area contributed by atoms with Gasteiger partial charge in [0.15, 0.2) is 0 Å². The molecule has 1 aliphatic heterocycles. The third-order valence-electron chi connectivity index (χ3n) is 4.44. The van der Waals surface area contributed by atoms with Gasteiger partial charge in [0.05, 0.1) is 0 Å². The van der Waals surface area contributed by atoms with Crippen molar-refractivity contribution >= 4 is 0 Å². The molecule has 1 heterocycles. The summed E-state index contributed by atoms with van der Waals surface area (Å²) in [6.45, 7) is 12.3. The molecule has 0 aromatic heterocycles. The van der Waals surface area contributed by atoms with E-state index in [4.69, 9.17) is 0 Å². The van der Waals surface area contributed by atoms with Gasteiger partial charge in [-0.05, 0) is 24.6 Å². The Morgan fingerprint density at radius 2 is 2.00 bits per heavy atom. The largest absolute Gasteiger partial charge is 0.310 e. The van der Waals surface area contributed by atoms with E-state index in [-0.39, 0.29) is 0 Å². The lowest BCUT2D eigenvalue weighted by molar-refractivity contribution is 0.0883. The summed E-state index contributed by atoms with van der Waals surface area (Å²) in [5.74, 6) is 0. The molecule has 0 amide bonds. The van der Waals surface area contributed by atoms with E-state index in [0.29, 0.717) is 12.1 Å². The summed E-state index contributed by atoms with van der Waals surface area (Å²) >= 11 is 0. The predicted molar refractivity (Wildman–Crippen MR) is 90.4 cm³/mol. The molecule has 1 unspecified atom stereocenters. The molecule has 1 atom stereocenters. The molecule has 1 aromatic rings. The quantitative estimate of drug-likeness (QED) is 0.869. The Morgan fingerprint density at radius 3 is 2.71 bits per heavy atom. The number of likely N-dealkylation sites (N-methyl/N-ethyl adjacent to an activating group) is 1. The van der Waals surface area contributed by atoms with Crippen LogP contribution < -0.4 is 5.32 Å². The van der Waals surface area contributed by atoms with Crippen LogP contribution in [0.25, 0.3) is 0 Å². The Kier molecular flexibility index (Phi) is 6.22. The van der Waals surface area contributed by atoms with Crippen LogP contribution in [0.1, 0.15) is 38.3 Å². The van der Waals surface area contributed by atoms with Crippen molar-refractivity contribution in [3.8, 4) is 0 Å².